The first kappa shape index (κ1) is 15.7. The van der Waals surface area contributed by atoms with E-state index in [4.69, 9.17) is 14.2 Å². The van der Waals surface area contributed by atoms with Gasteiger partial charge in [-0.3, -0.25) is 0 Å². The molecule has 0 radical (unpaired) electrons. The first-order valence-electron chi connectivity index (χ1n) is 7.04. The second-order valence-corrected chi connectivity index (χ2v) is 5.57. The van der Waals surface area contributed by atoms with Crippen molar-refractivity contribution in [3.05, 3.63) is 12.7 Å². The highest BCUT2D eigenvalue weighted by atomic mass is 16.6. The number of hydrogen-bond donors (Lipinski definition) is 0. The molecule has 1 aliphatic rings. The van der Waals surface area contributed by atoms with Gasteiger partial charge in [-0.1, -0.05) is 6.08 Å². The third-order valence-corrected chi connectivity index (χ3v) is 3.22. The summed E-state index contributed by atoms with van der Waals surface area (Å²) >= 11 is 0. The van der Waals surface area contributed by atoms with Gasteiger partial charge < -0.3 is 14.2 Å². The van der Waals surface area contributed by atoms with E-state index in [-0.39, 0.29) is 11.7 Å². The van der Waals surface area contributed by atoms with E-state index in [1.807, 2.05) is 6.08 Å². The maximum atomic E-state index is 6.04. The van der Waals surface area contributed by atoms with Crippen molar-refractivity contribution in [2.45, 2.75) is 64.3 Å². The van der Waals surface area contributed by atoms with Gasteiger partial charge in [0, 0.05) is 6.61 Å². The van der Waals surface area contributed by atoms with Gasteiger partial charge in [-0.05, 0) is 46.5 Å². The Bertz CT molecular complexity index is 236. The molecule has 0 spiro atoms. The number of epoxide rings is 1. The van der Waals surface area contributed by atoms with Crippen molar-refractivity contribution in [1.82, 2.24) is 0 Å². The van der Waals surface area contributed by atoms with Crippen LogP contribution in [0.4, 0.5) is 0 Å². The van der Waals surface area contributed by atoms with Crippen LogP contribution in [-0.2, 0) is 14.2 Å². The Labute approximate surface area is 111 Å². The van der Waals surface area contributed by atoms with Crippen LogP contribution in [0.5, 0.6) is 0 Å². The van der Waals surface area contributed by atoms with Crippen molar-refractivity contribution >= 4 is 0 Å². The average molecular weight is 256 g/mol. The van der Waals surface area contributed by atoms with Gasteiger partial charge >= 0.3 is 0 Å². The molecule has 1 rings (SSSR count). The fraction of sp³-hybridized carbons (Fsp3) is 0.867. The van der Waals surface area contributed by atoms with Gasteiger partial charge in [-0.25, -0.2) is 0 Å². The lowest BCUT2D eigenvalue weighted by Crippen LogP contribution is -2.32. The van der Waals surface area contributed by atoms with Crippen molar-refractivity contribution in [2.75, 3.05) is 19.8 Å². The maximum Gasteiger partial charge on any atom is 0.104 e. The largest absolute Gasteiger partial charge is 0.379 e. The van der Waals surface area contributed by atoms with E-state index < -0.39 is 0 Å². The summed E-state index contributed by atoms with van der Waals surface area (Å²) in [5.41, 5.74) is -0.0934. The second-order valence-electron chi connectivity index (χ2n) is 5.57. The minimum atomic E-state index is -0.0934. The third-order valence-electron chi connectivity index (χ3n) is 3.22. The fourth-order valence-electron chi connectivity index (χ4n) is 1.86. The Kier molecular flexibility index (Phi) is 6.90. The van der Waals surface area contributed by atoms with Crippen molar-refractivity contribution in [1.29, 1.82) is 0 Å². The molecule has 0 aromatic rings. The molecule has 1 heterocycles. The molecule has 18 heavy (non-hydrogen) atoms. The van der Waals surface area contributed by atoms with Crippen LogP contribution < -0.4 is 0 Å². The molecule has 2 unspecified atom stereocenters. The van der Waals surface area contributed by atoms with Crippen molar-refractivity contribution in [3.63, 3.8) is 0 Å². The third kappa shape index (κ3) is 7.14. The predicted octanol–water partition coefficient (Wildman–Crippen LogP) is 3.33. The van der Waals surface area contributed by atoms with Crippen LogP contribution in [0, 0.1) is 0 Å². The summed E-state index contributed by atoms with van der Waals surface area (Å²) in [7, 11) is 0. The molecule has 2 atom stereocenters. The summed E-state index contributed by atoms with van der Waals surface area (Å²) in [5, 5.41) is 0. The molecular formula is C15H28O3. The Morgan fingerprint density at radius 3 is 2.72 bits per heavy atom. The summed E-state index contributed by atoms with van der Waals surface area (Å²) in [5.74, 6) is 0. The lowest BCUT2D eigenvalue weighted by atomic mass is 9.95. The van der Waals surface area contributed by atoms with E-state index in [0.717, 1.165) is 38.9 Å². The highest BCUT2D eigenvalue weighted by Crippen LogP contribution is 2.25. The lowest BCUT2D eigenvalue weighted by molar-refractivity contribution is -0.0692. The Morgan fingerprint density at radius 1 is 1.44 bits per heavy atom. The average Bonchev–Trinajstić information content (AvgIpc) is 3.10. The van der Waals surface area contributed by atoms with Crippen molar-refractivity contribution in [2.24, 2.45) is 0 Å². The quantitative estimate of drug-likeness (QED) is 0.323. The highest BCUT2D eigenvalue weighted by molar-refractivity contribution is 4.80. The molecule has 1 saturated heterocycles. The molecule has 3 nitrogen and oxygen atoms in total. The summed E-state index contributed by atoms with van der Waals surface area (Å²) in [6.45, 7) is 12.4. The molecular weight excluding hydrogens is 228 g/mol. The van der Waals surface area contributed by atoms with E-state index in [1.165, 1.54) is 0 Å². The van der Waals surface area contributed by atoms with Crippen LogP contribution in [0.2, 0.25) is 0 Å². The molecule has 0 bridgehead atoms. The van der Waals surface area contributed by atoms with Gasteiger partial charge in [0.1, 0.15) is 6.10 Å². The topological polar surface area (TPSA) is 31.0 Å². The number of hydrogen-bond acceptors (Lipinski definition) is 3. The Morgan fingerprint density at radius 2 is 2.17 bits per heavy atom. The second kappa shape index (κ2) is 7.93. The van der Waals surface area contributed by atoms with Crippen molar-refractivity contribution in [3.8, 4) is 0 Å². The molecule has 0 aromatic carbocycles. The Balaban J connectivity index is 2.29. The standard InChI is InChI=1S/C15H28O3/c1-5-6-7-8-15(4,9-10-16-13(2)3)18-12-14-11-17-14/h5,13-14H,1,6-12H2,2-4H3. The Hall–Kier alpha value is -0.380. The molecule has 106 valence electrons. The van der Waals surface area contributed by atoms with E-state index >= 15 is 0 Å². The van der Waals surface area contributed by atoms with E-state index in [0.29, 0.717) is 12.7 Å². The van der Waals surface area contributed by atoms with Gasteiger partial charge in [-0.2, -0.15) is 0 Å². The zero-order valence-corrected chi connectivity index (χ0v) is 12.1. The molecule has 0 aliphatic carbocycles. The van der Waals surface area contributed by atoms with Crippen LogP contribution in [-0.4, -0.2) is 37.6 Å². The van der Waals surface area contributed by atoms with E-state index in [9.17, 15) is 0 Å². The monoisotopic (exact) mass is 256 g/mol. The van der Waals surface area contributed by atoms with Gasteiger partial charge in [0.05, 0.1) is 24.9 Å². The molecule has 1 fully saturated rings. The molecule has 1 aliphatic heterocycles. The number of unbranched alkanes of at least 4 members (excludes halogenated alkanes) is 1. The highest BCUT2D eigenvalue weighted by Gasteiger charge is 2.30. The number of rotatable bonds is 11. The maximum absolute atomic E-state index is 6.04. The van der Waals surface area contributed by atoms with Gasteiger partial charge in [-0.15, -0.1) is 6.58 Å². The minimum Gasteiger partial charge on any atom is -0.379 e. The fourth-order valence-corrected chi connectivity index (χ4v) is 1.86. The molecule has 0 aromatic heterocycles. The molecule has 0 N–H and O–H groups in total. The summed E-state index contributed by atoms with van der Waals surface area (Å²) < 4.78 is 16.9. The van der Waals surface area contributed by atoms with Crippen LogP contribution in [0.3, 0.4) is 0 Å². The predicted molar refractivity (Wildman–Crippen MR) is 73.9 cm³/mol. The lowest BCUT2D eigenvalue weighted by Gasteiger charge is -2.30. The summed E-state index contributed by atoms with van der Waals surface area (Å²) in [4.78, 5) is 0. The van der Waals surface area contributed by atoms with Gasteiger partial charge in [0.2, 0.25) is 0 Å². The van der Waals surface area contributed by atoms with Gasteiger partial charge in [0.25, 0.3) is 0 Å². The SMILES string of the molecule is C=CCCCC(C)(CCOC(C)C)OCC1CO1. The smallest absolute Gasteiger partial charge is 0.104 e. The van der Waals surface area contributed by atoms with Gasteiger partial charge in [0.15, 0.2) is 0 Å². The normalized spacial score (nSPS) is 21.9. The number of ether oxygens (including phenoxy) is 3. The van der Waals surface area contributed by atoms with E-state index in [1.54, 1.807) is 0 Å². The van der Waals surface area contributed by atoms with Crippen LogP contribution in [0.15, 0.2) is 12.7 Å². The number of allylic oxidation sites excluding steroid dienone is 1. The zero-order valence-electron chi connectivity index (χ0n) is 12.1. The summed E-state index contributed by atoms with van der Waals surface area (Å²) in [6, 6.07) is 0. The van der Waals surface area contributed by atoms with Crippen LogP contribution in [0.25, 0.3) is 0 Å². The molecule has 0 amide bonds. The summed E-state index contributed by atoms with van der Waals surface area (Å²) in [6.07, 6.45) is 6.73. The minimum absolute atomic E-state index is 0.0934. The van der Waals surface area contributed by atoms with Crippen molar-refractivity contribution < 1.29 is 14.2 Å². The first-order chi connectivity index (χ1) is 8.56. The molecule has 3 heteroatoms. The van der Waals surface area contributed by atoms with E-state index in [2.05, 4.69) is 27.4 Å². The molecule has 0 saturated carbocycles. The first-order valence-corrected chi connectivity index (χ1v) is 7.04. The van der Waals surface area contributed by atoms with Crippen LogP contribution in [0.1, 0.15) is 46.5 Å². The van der Waals surface area contributed by atoms with Crippen LogP contribution >= 0.6 is 0 Å². The zero-order chi connectivity index (χ0) is 13.4.